The standard InChI is InChI=1S/C59H94N14O19/c1-30(2)19-14-12-10-8-9-11-13-15-22-41(75)65-35(25-40(61)74)52(84)71-49-34(7)64-53(85)39-21-18-24-73(39)57(89)46(31(3)4)69-56(88)48(33(6)60)68-43(77)29-63-50(82)36(26-44(78)79)66-42(76)28-62-51(83)37(27-45(80)81)67-55(87)47(32(5)59(91)92)70-54(86)38-20-16-17-23-72(38)58(49)90/h13,15,30-39,46-49H,8-12,14,16-29,60H2,1-7H3,(H2,61,74)(H,62,83)(H,63,82)(H,64,85)(H,65,75)(H,66,76)(H,67,87)(H,68,77)(H,69,88)(H,70,86)(H,71,84)(H,78,79)(H,80,81)(H,91,92)/b15-13+/t32-,33+,34+,35-,36+,37+,38-,39+,46-,47-,48+,49-/m1/s1. The van der Waals surface area contributed by atoms with Crippen LogP contribution in [0, 0.1) is 17.8 Å². The zero-order chi connectivity index (χ0) is 69.1. The lowest BCUT2D eigenvalue weighted by Crippen LogP contribution is -2.66. The van der Waals surface area contributed by atoms with E-state index < -0.39 is 205 Å². The minimum atomic E-state index is -2.13. The number of carbonyl (C=O) groups excluding carboxylic acids is 13. The molecule has 3 saturated heterocycles. The summed E-state index contributed by atoms with van der Waals surface area (Å²) in [5, 5.41) is 52.6. The van der Waals surface area contributed by atoms with E-state index in [0.717, 1.165) is 50.3 Å². The second kappa shape index (κ2) is 38.2. The number of carboxylic acids is 3. The van der Waals surface area contributed by atoms with Crippen molar-refractivity contribution in [3.8, 4) is 0 Å². The molecule has 0 spiro atoms. The van der Waals surface area contributed by atoms with Crippen molar-refractivity contribution in [2.75, 3.05) is 26.2 Å². The first-order valence-corrected chi connectivity index (χ1v) is 31.2. The number of amides is 13. The Bertz CT molecular complexity index is 2720. The molecule has 0 aromatic carbocycles. The molecule has 12 atom stereocenters. The highest BCUT2D eigenvalue weighted by atomic mass is 16.4. The molecule has 3 fully saturated rings. The molecule has 0 radical (unpaired) electrons. The molecule has 514 valence electrons. The van der Waals surface area contributed by atoms with Gasteiger partial charge >= 0.3 is 17.9 Å². The van der Waals surface area contributed by atoms with E-state index in [1.807, 2.05) is 16.7 Å². The molecule has 17 N–H and O–H groups in total. The van der Waals surface area contributed by atoms with Crippen LogP contribution < -0.4 is 64.6 Å². The zero-order valence-electron chi connectivity index (χ0n) is 53.3. The number of hydrogen-bond acceptors (Lipinski definition) is 17. The third kappa shape index (κ3) is 25.5. The van der Waals surface area contributed by atoms with Crippen molar-refractivity contribution in [1.82, 2.24) is 63.0 Å². The summed E-state index contributed by atoms with van der Waals surface area (Å²) in [5.41, 5.74) is 11.7. The SMILES string of the molecule is CC(C)CCCCCCC/C=C/CC(=O)N[C@H](CC(N)=O)C(=O)N[C@H]1C(=O)N2CCCC[C@@H]2C(=O)N[C@H]([C@@H](C)C(=O)O)C(=O)N[C@@H](CC(=O)O)C(=O)NCC(=O)N[C@@H](CC(=O)O)C(=O)NCC(=O)N[C@@H]([C@H](C)N)C(=O)N[C@H](C(C)C)C(=O)N2CCC[C@H]2C(=O)N[C@H]1C. The van der Waals surface area contributed by atoms with Crippen LogP contribution in [-0.2, 0) is 76.7 Å². The molecule has 0 aromatic rings. The Morgan fingerprint density at radius 1 is 0.598 bits per heavy atom. The maximum absolute atomic E-state index is 15.2. The van der Waals surface area contributed by atoms with Crippen LogP contribution in [0.2, 0.25) is 0 Å². The topological polar surface area (TPSA) is 513 Å². The van der Waals surface area contributed by atoms with E-state index in [4.69, 9.17) is 11.5 Å². The molecule has 3 heterocycles. The number of nitrogens with two attached hydrogens (primary N) is 2. The number of unbranched alkanes of at least 4 members (excludes halogenated alkanes) is 5. The lowest BCUT2D eigenvalue weighted by molar-refractivity contribution is -0.149. The van der Waals surface area contributed by atoms with Gasteiger partial charge in [0.2, 0.25) is 76.8 Å². The smallest absolute Gasteiger partial charge is 0.308 e. The Balaban J connectivity index is 2.16. The number of nitrogens with zero attached hydrogens (tertiary/aromatic N) is 2. The van der Waals surface area contributed by atoms with Crippen molar-refractivity contribution in [3.05, 3.63) is 12.2 Å². The van der Waals surface area contributed by atoms with Crippen molar-refractivity contribution in [1.29, 1.82) is 0 Å². The Morgan fingerprint density at radius 2 is 1.12 bits per heavy atom. The van der Waals surface area contributed by atoms with Crippen LogP contribution in [0.25, 0.3) is 0 Å². The molecule has 0 saturated carbocycles. The highest BCUT2D eigenvalue weighted by Gasteiger charge is 2.45. The third-order valence-electron chi connectivity index (χ3n) is 15.8. The summed E-state index contributed by atoms with van der Waals surface area (Å²) >= 11 is 0. The van der Waals surface area contributed by atoms with Gasteiger partial charge in [-0.3, -0.25) is 76.7 Å². The van der Waals surface area contributed by atoms with Crippen LogP contribution >= 0.6 is 0 Å². The van der Waals surface area contributed by atoms with Crippen molar-refractivity contribution >= 4 is 94.7 Å². The van der Waals surface area contributed by atoms with Gasteiger partial charge in [-0.1, -0.05) is 72.0 Å². The minimum Gasteiger partial charge on any atom is -0.481 e. The minimum absolute atomic E-state index is 0.0284. The molecule has 13 amide bonds. The Labute approximate surface area is 533 Å². The Kier molecular flexibility index (Phi) is 32.1. The Hall–Kier alpha value is -8.78. The van der Waals surface area contributed by atoms with Crippen LogP contribution in [0.1, 0.15) is 151 Å². The largest absolute Gasteiger partial charge is 0.481 e. The summed E-state index contributed by atoms with van der Waals surface area (Å²) in [5.74, 6) is -21.1. The van der Waals surface area contributed by atoms with E-state index in [1.165, 1.54) is 18.7 Å². The van der Waals surface area contributed by atoms with Crippen molar-refractivity contribution in [2.24, 2.45) is 29.2 Å². The molecule has 92 heavy (non-hydrogen) atoms. The quantitative estimate of drug-likeness (QED) is 0.0347. The fraction of sp³-hybridized carbons (Fsp3) is 0.695. The van der Waals surface area contributed by atoms with Gasteiger partial charge in [0, 0.05) is 25.6 Å². The average Bonchev–Trinajstić information content (AvgIpc) is 1.26. The van der Waals surface area contributed by atoms with E-state index in [9.17, 15) is 87.2 Å². The van der Waals surface area contributed by atoms with Crippen molar-refractivity contribution in [2.45, 2.75) is 218 Å². The van der Waals surface area contributed by atoms with Gasteiger partial charge in [-0.2, -0.15) is 0 Å². The van der Waals surface area contributed by atoms with Crippen molar-refractivity contribution < 1.29 is 92.0 Å². The van der Waals surface area contributed by atoms with Crippen LogP contribution in [0.5, 0.6) is 0 Å². The van der Waals surface area contributed by atoms with E-state index in [-0.39, 0.29) is 51.6 Å². The summed E-state index contributed by atoms with van der Waals surface area (Å²) in [4.78, 5) is 219. The molecule has 33 nitrogen and oxygen atoms in total. The van der Waals surface area contributed by atoms with E-state index in [0.29, 0.717) is 12.3 Å². The van der Waals surface area contributed by atoms with Crippen LogP contribution in [-0.4, -0.2) is 212 Å². The molecule has 0 aliphatic carbocycles. The van der Waals surface area contributed by atoms with Gasteiger partial charge in [-0.15, -0.1) is 0 Å². The predicted molar refractivity (Wildman–Crippen MR) is 326 cm³/mol. The van der Waals surface area contributed by atoms with Crippen LogP contribution in [0.3, 0.4) is 0 Å². The van der Waals surface area contributed by atoms with E-state index in [2.05, 4.69) is 56.4 Å². The predicted octanol–water partition coefficient (Wildman–Crippen LogP) is -3.62. The second-order valence-electron chi connectivity index (χ2n) is 24.3. The second-order valence-corrected chi connectivity index (χ2v) is 24.3. The normalized spacial score (nSPS) is 25.2. The van der Waals surface area contributed by atoms with Gasteiger partial charge in [0.05, 0.1) is 44.3 Å². The number of allylic oxidation sites excluding steroid dienone is 1. The fourth-order valence-corrected chi connectivity index (χ4v) is 10.6. The first-order valence-electron chi connectivity index (χ1n) is 31.2. The lowest BCUT2D eigenvalue weighted by Gasteiger charge is -2.39. The zero-order valence-corrected chi connectivity index (χ0v) is 53.3. The van der Waals surface area contributed by atoms with E-state index in [1.54, 1.807) is 19.9 Å². The maximum atomic E-state index is 15.2. The fourth-order valence-electron chi connectivity index (χ4n) is 10.6. The number of carboxylic acid groups (broad SMARTS) is 3. The lowest BCUT2D eigenvalue weighted by atomic mass is 9.96. The van der Waals surface area contributed by atoms with Gasteiger partial charge in [0.25, 0.3) is 0 Å². The van der Waals surface area contributed by atoms with Crippen LogP contribution in [0.4, 0.5) is 0 Å². The van der Waals surface area contributed by atoms with Gasteiger partial charge in [0.1, 0.15) is 54.4 Å². The molecule has 0 unspecified atom stereocenters. The number of primary amides is 1. The first kappa shape index (κ1) is 77.5. The summed E-state index contributed by atoms with van der Waals surface area (Å²) < 4.78 is 0. The number of fused-ring (bicyclic) bond motifs is 2. The molecule has 3 rings (SSSR count). The number of aliphatic carboxylic acids is 3. The molecule has 33 heteroatoms. The summed E-state index contributed by atoms with van der Waals surface area (Å²) in [6.07, 6.45) is 7.71. The molecule has 3 aliphatic heterocycles. The van der Waals surface area contributed by atoms with E-state index >= 15 is 4.79 Å². The number of hydrogen-bond donors (Lipinski definition) is 15. The molecular weight excluding hydrogens is 1210 g/mol. The molecule has 3 aliphatic rings. The average molecular weight is 1300 g/mol. The Morgan fingerprint density at radius 3 is 1.68 bits per heavy atom. The number of carbonyl (C=O) groups is 16. The van der Waals surface area contributed by atoms with Gasteiger partial charge < -0.3 is 89.8 Å². The van der Waals surface area contributed by atoms with Gasteiger partial charge in [-0.25, -0.2) is 0 Å². The maximum Gasteiger partial charge on any atom is 0.308 e. The van der Waals surface area contributed by atoms with Crippen LogP contribution in [0.15, 0.2) is 12.2 Å². The first-order chi connectivity index (χ1) is 43.2. The molecule has 0 aromatic heterocycles. The third-order valence-corrected chi connectivity index (χ3v) is 15.8. The van der Waals surface area contributed by atoms with Gasteiger partial charge in [0.15, 0.2) is 0 Å². The highest BCUT2D eigenvalue weighted by molar-refractivity contribution is 6.01. The monoisotopic (exact) mass is 1300 g/mol. The van der Waals surface area contributed by atoms with Crippen molar-refractivity contribution in [3.63, 3.8) is 0 Å². The highest BCUT2D eigenvalue weighted by Crippen LogP contribution is 2.24. The number of rotatable bonds is 23. The summed E-state index contributed by atoms with van der Waals surface area (Å²) in [6.45, 7) is 8.81. The number of nitrogens with one attached hydrogen (secondary N) is 10. The molecular formula is C59H94N14O19. The van der Waals surface area contributed by atoms with Gasteiger partial charge in [-0.05, 0) is 77.6 Å². The summed E-state index contributed by atoms with van der Waals surface area (Å²) in [6, 6.07) is -18.3. The molecule has 0 bridgehead atoms. The number of piperidine rings is 1. The summed E-state index contributed by atoms with van der Waals surface area (Å²) in [7, 11) is 0.